The predicted octanol–water partition coefficient (Wildman–Crippen LogP) is 0.753. The van der Waals surface area contributed by atoms with E-state index in [1.54, 1.807) is 0 Å². The van der Waals surface area contributed by atoms with Gasteiger partial charge in [-0.05, 0) is 25.3 Å². The average molecular weight is 198 g/mol. The molecule has 2 N–H and O–H groups in total. The van der Waals surface area contributed by atoms with E-state index in [2.05, 4.69) is 17.6 Å². The second kappa shape index (κ2) is 5.10. The molecule has 0 aromatic heterocycles. The second-order valence-electron chi connectivity index (χ2n) is 4.48. The third-order valence-corrected chi connectivity index (χ3v) is 3.34. The zero-order valence-corrected chi connectivity index (χ0v) is 9.09. The van der Waals surface area contributed by atoms with Gasteiger partial charge in [0.25, 0.3) is 0 Å². The maximum Gasteiger partial charge on any atom is 0.0620 e. The van der Waals surface area contributed by atoms with Crippen LogP contribution in [0.3, 0.4) is 0 Å². The molecule has 14 heavy (non-hydrogen) atoms. The molecule has 2 aliphatic rings. The van der Waals surface area contributed by atoms with Gasteiger partial charge in [0.1, 0.15) is 0 Å². The van der Waals surface area contributed by atoms with E-state index in [0.717, 1.165) is 38.3 Å². The molecular weight excluding hydrogens is 176 g/mol. The monoisotopic (exact) mass is 198 g/mol. The largest absolute Gasteiger partial charge is 0.379 e. The lowest BCUT2D eigenvalue weighted by atomic mass is 10.2. The van der Waals surface area contributed by atoms with Gasteiger partial charge in [0.2, 0.25) is 0 Å². The van der Waals surface area contributed by atoms with Crippen LogP contribution < -0.4 is 10.6 Å². The summed E-state index contributed by atoms with van der Waals surface area (Å²) in [6.07, 6.45) is 3.93. The number of hydrogen-bond donors (Lipinski definition) is 2. The summed E-state index contributed by atoms with van der Waals surface area (Å²) in [5.41, 5.74) is 0. The van der Waals surface area contributed by atoms with Gasteiger partial charge in [-0.3, -0.25) is 0 Å². The highest BCUT2D eigenvalue weighted by molar-refractivity contribution is 4.92. The molecule has 3 unspecified atom stereocenters. The Morgan fingerprint density at radius 1 is 1.50 bits per heavy atom. The van der Waals surface area contributed by atoms with Crippen LogP contribution in [0.2, 0.25) is 0 Å². The molecule has 1 aliphatic heterocycles. The summed E-state index contributed by atoms with van der Waals surface area (Å²) in [5.74, 6) is 0.963. The van der Waals surface area contributed by atoms with E-state index in [9.17, 15) is 0 Å². The fraction of sp³-hybridized carbons (Fsp3) is 1.00. The number of morpholine rings is 1. The Hall–Kier alpha value is -0.120. The molecule has 82 valence electrons. The summed E-state index contributed by atoms with van der Waals surface area (Å²) in [5, 5.41) is 7.08. The fourth-order valence-electron chi connectivity index (χ4n) is 2.20. The Morgan fingerprint density at radius 3 is 3.07 bits per heavy atom. The number of hydrogen-bond acceptors (Lipinski definition) is 3. The van der Waals surface area contributed by atoms with Crippen molar-refractivity contribution in [2.24, 2.45) is 5.92 Å². The van der Waals surface area contributed by atoms with Crippen LogP contribution >= 0.6 is 0 Å². The average Bonchev–Trinajstić information content (AvgIpc) is 2.98. The number of nitrogens with one attached hydrogen (secondary N) is 2. The van der Waals surface area contributed by atoms with Crippen molar-refractivity contribution in [1.29, 1.82) is 0 Å². The Morgan fingerprint density at radius 2 is 2.43 bits per heavy atom. The van der Waals surface area contributed by atoms with Crippen LogP contribution in [0.5, 0.6) is 0 Å². The van der Waals surface area contributed by atoms with E-state index in [1.165, 1.54) is 19.3 Å². The molecule has 1 aliphatic carbocycles. The minimum Gasteiger partial charge on any atom is -0.379 e. The van der Waals surface area contributed by atoms with Gasteiger partial charge in [-0.15, -0.1) is 0 Å². The van der Waals surface area contributed by atoms with Crippen LogP contribution in [0.15, 0.2) is 0 Å². The molecule has 1 heterocycles. The number of ether oxygens (including phenoxy) is 1. The van der Waals surface area contributed by atoms with Crippen LogP contribution in [0.25, 0.3) is 0 Å². The quantitative estimate of drug-likeness (QED) is 0.684. The third-order valence-electron chi connectivity index (χ3n) is 3.34. The molecule has 1 saturated heterocycles. The lowest BCUT2D eigenvalue weighted by Gasteiger charge is -2.23. The molecule has 0 radical (unpaired) electrons. The van der Waals surface area contributed by atoms with Crippen molar-refractivity contribution in [1.82, 2.24) is 10.6 Å². The highest BCUT2D eigenvalue weighted by Gasteiger charge is 2.34. The van der Waals surface area contributed by atoms with Gasteiger partial charge in [0, 0.05) is 18.6 Å². The minimum absolute atomic E-state index is 0.579. The van der Waals surface area contributed by atoms with Crippen molar-refractivity contribution in [2.45, 2.75) is 38.3 Å². The van der Waals surface area contributed by atoms with Gasteiger partial charge in [0.05, 0.1) is 13.2 Å². The van der Waals surface area contributed by atoms with Crippen molar-refractivity contribution in [3.05, 3.63) is 0 Å². The third kappa shape index (κ3) is 2.94. The lowest BCUT2D eigenvalue weighted by Crippen LogP contribution is -2.42. The first kappa shape index (κ1) is 10.4. The molecule has 2 rings (SSSR count). The summed E-state index contributed by atoms with van der Waals surface area (Å²) in [6, 6.07) is 1.40. The van der Waals surface area contributed by atoms with Gasteiger partial charge >= 0.3 is 0 Å². The minimum atomic E-state index is 0.579. The highest BCUT2D eigenvalue weighted by atomic mass is 16.5. The summed E-state index contributed by atoms with van der Waals surface area (Å²) in [6.45, 7) is 6.21. The van der Waals surface area contributed by atoms with Gasteiger partial charge in [-0.2, -0.15) is 0 Å². The molecule has 3 atom stereocenters. The van der Waals surface area contributed by atoms with E-state index in [0.29, 0.717) is 6.04 Å². The molecular formula is C11H22N2O. The van der Waals surface area contributed by atoms with Gasteiger partial charge in [-0.1, -0.05) is 13.3 Å². The Balaban J connectivity index is 1.50. The molecule has 3 nitrogen and oxygen atoms in total. The Labute approximate surface area is 86.6 Å². The second-order valence-corrected chi connectivity index (χ2v) is 4.48. The molecule has 3 heteroatoms. The molecule has 0 aromatic rings. The maximum absolute atomic E-state index is 5.41. The molecule has 0 aromatic carbocycles. The standard InChI is InChI=1S/C11H22N2O/c1-2-9-7-11(9)13-4-3-10-8-14-6-5-12-10/h9-13H,2-8H2,1H3. The van der Waals surface area contributed by atoms with Crippen molar-refractivity contribution in [2.75, 3.05) is 26.3 Å². The Bertz CT molecular complexity index is 169. The van der Waals surface area contributed by atoms with Crippen LogP contribution in [0.4, 0.5) is 0 Å². The van der Waals surface area contributed by atoms with E-state index in [-0.39, 0.29) is 0 Å². The first-order valence-electron chi connectivity index (χ1n) is 5.94. The normalized spacial score (nSPS) is 37.1. The molecule has 0 amide bonds. The first-order valence-corrected chi connectivity index (χ1v) is 5.94. The highest BCUT2D eigenvalue weighted by Crippen LogP contribution is 2.32. The van der Waals surface area contributed by atoms with Gasteiger partial charge in [0.15, 0.2) is 0 Å². The van der Waals surface area contributed by atoms with Crippen LogP contribution in [-0.4, -0.2) is 38.4 Å². The number of rotatable bonds is 5. The van der Waals surface area contributed by atoms with Gasteiger partial charge < -0.3 is 15.4 Å². The van der Waals surface area contributed by atoms with E-state index >= 15 is 0 Å². The van der Waals surface area contributed by atoms with Crippen molar-refractivity contribution in [3.8, 4) is 0 Å². The molecule has 2 fully saturated rings. The van der Waals surface area contributed by atoms with Crippen molar-refractivity contribution in [3.63, 3.8) is 0 Å². The topological polar surface area (TPSA) is 33.3 Å². The lowest BCUT2D eigenvalue weighted by molar-refractivity contribution is 0.0742. The van der Waals surface area contributed by atoms with E-state index < -0.39 is 0 Å². The maximum atomic E-state index is 5.41. The zero-order chi connectivity index (χ0) is 9.80. The summed E-state index contributed by atoms with van der Waals surface area (Å²) < 4.78 is 5.41. The fourth-order valence-corrected chi connectivity index (χ4v) is 2.20. The predicted molar refractivity (Wildman–Crippen MR) is 57.4 cm³/mol. The van der Waals surface area contributed by atoms with Gasteiger partial charge in [-0.25, -0.2) is 0 Å². The molecule has 0 bridgehead atoms. The van der Waals surface area contributed by atoms with E-state index in [1.807, 2.05) is 0 Å². The summed E-state index contributed by atoms with van der Waals surface area (Å²) in [7, 11) is 0. The SMILES string of the molecule is CCC1CC1NCCC1COCCN1. The first-order chi connectivity index (χ1) is 6.90. The smallest absolute Gasteiger partial charge is 0.0620 e. The van der Waals surface area contributed by atoms with Crippen LogP contribution in [0.1, 0.15) is 26.2 Å². The zero-order valence-electron chi connectivity index (χ0n) is 9.09. The van der Waals surface area contributed by atoms with Crippen molar-refractivity contribution >= 4 is 0 Å². The molecule has 1 saturated carbocycles. The molecule has 0 spiro atoms. The summed E-state index contributed by atoms with van der Waals surface area (Å²) >= 11 is 0. The summed E-state index contributed by atoms with van der Waals surface area (Å²) in [4.78, 5) is 0. The Kier molecular flexibility index (Phi) is 3.79. The van der Waals surface area contributed by atoms with Crippen LogP contribution in [-0.2, 0) is 4.74 Å². The van der Waals surface area contributed by atoms with Crippen LogP contribution in [0, 0.1) is 5.92 Å². The van der Waals surface area contributed by atoms with E-state index in [4.69, 9.17) is 4.74 Å². The van der Waals surface area contributed by atoms with Crippen molar-refractivity contribution < 1.29 is 4.74 Å².